The van der Waals surface area contributed by atoms with Gasteiger partial charge in [0, 0.05) is 60.1 Å². The maximum absolute atomic E-state index is 13.0. The number of methoxy groups -OCH3 is 2. The molecule has 0 unspecified atom stereocenters. The number of allylic oxidation sites excluding steroid dienone is 4. The molecular weight excluding hydrogens is 1150 g/mol. The summed E-state index contributed by atoms with van der Waals surface area (Å²) in [6, 6.07) is 10.1. The Labute approximate surface area is 525 Å². The van der Waals surface area contributed by atoms with Gasteiger partial charge in [-0.1, -0.05) is 152 Å². The predicted octanol–water partition coefficient (Wildman–Crippen LogP) is 16.3. The van der Waals surface area contributed by atoms with Crippen LogP contribution in [0.3, 0.4) is 0 Å². The van der Waals surface area contributed by atoms with Crippen molar-refractivity contribution in [3.05, 3.63) is 65.3 Å². The summed E-state index contributed by atoms with van der Waals surface area (Å²) >= 11 is 3.99. The fraction of sp³-hybridized carbons (Fsp3) is 0.821. The fourth-order valence-corrected chi connectivity index (χ4v) is 23.6. The van der Waals surface area contributed by atoms with Gasteiger partial charge in [-0.2, -0.15) is 0 Å². The van der Waals surface area contributed by atoms with Gasteiger partial charge >= 0.3 is 0 Å². The Morgan fingerprint density at radius 3 is 1.81 bits per heavy atom. The number of ether oxygens (including phenoxy) is 9. The molecule has 17 heteroatoms. The van der Waals surface area contributed by atoms with Gasteiger partial charge in [-0.3, -0.25) is 0 Å². The number of rotatable bonds is 39. The van der Waals surface area contributed by atoms with E-state index in [0.29, 0.717) is 49.5 Å². The Morgan fingerprint density at radius 2 is 1.31 bits per heavy atom. The second-order valence-electron chi connectivity index (χ2n) is 28.5. The van der Waals surface area contributed by atoms with E-state index in [-0.39, 0.29) is 78.1 Å². The third-order valence-electron chi connectivity index (χ3n) is 17.8. The maximum atomic E-state index is 13.0. The summed E-state index contributed by atoms with van der Waals surface area (Å²) in [5.74, 6) is 1.28. The molecule has 0 radical (unpaired) electrons. The molecule has 2 fully saturated rings. The second kappa shape index (κ2) is 36.3. The van der Waals surface area contributed by atoms with Crippen molar-refractivity contribution in [2.24, 2.45) is 35.5 Å². The molecule has 84 heavy (non-hydrogen) atoms. The summed E-state index contributed by atoms with van der Waals surface area (Å²) in [6.45, 7) is 51.8. The van der Waals surface area contributed by atoms with Crippen molar-refractivity contribution >= 4 is 48.0 Å². The molecule has 0 bridgehead atoms. The van der Waals surface area contributed by atoms with Crippen LogP contribution in [0.25, 0.3) is 0 Å². The Balaban J connectivity index is 2.20. The van der Waals surface area contributed by atoms with Gasteiger partial charge in [-0.15, -0.1) is 23.5 Å². The van der Waals surface area contributed by atoms with Crippen LogP contribution in [0, 0.1) is 35.5 Å². The van der Waals surface area contributed by atoms with Crippen molar-refractivity contribution in [3.63, 3.8) is 0 Å². The van der Waals surface area contributed by atoms with Crippen LogP contribution >= 0.6 is 23.5 Å². The molecule has 0 amide bonds. The Hall–Kier alpha value is -0.849. The van der Waals surface area contributed by atoms with E-state index in [1.807, 2.05) is 49.5 Å². The Morgan fingerprint density at radius 1 is 0.750 bits per heavy atom. The van der Waals surface area contributed by atoms with Crippen LogP contribution in [0.1, 0.15) is 129 Å². The lowest BCUT2D eigenvalue weighted by atomic mass is 9.79. The first kappa shape index (κ1) is 77.4. The zero-order chi connectivity index (χ0) is 63.4. The molecule has 488 valence electrons. The molecule has 2 aliphatic rings. The third-order valence-corrected chi connectivity index (χ3v) is 31.0. The smallest absolute Gasteiger partial charge is 0.201 e. The van der Waals surface area contributed by atoms with Gasteiger partial charge in [0.05, 0.1) is 67.6 Å². The maximum Gasteiger partial charge on any atom is 0.201 e. The molecule has 3 rings (SSSR count). The molecule has 2 heterocycles. The number of thioether (sulfide) groups is 2. The van der Waals surface area contributed by atoms with Crippen molar-refractivity contribution in [1.29, 1.82) is 0 Å². The lowest BCUT2D eigenvalue weighted by Crippen LogP contribution is -2.55. The molecular formula is C67H124O12S2Si3. The Kier molecular flexibility index (Phi) is 33.4. The minimum Gasteiger partial charge on any atom is -0.497 e. The minimum atomic E-state index is -2.56. The molecule has 2 aliphatic heterocycles. The zero-order valence-corrected chi connectivity index (χ0v) is 62.0. The quantitative estimate of drug-likeness (QED) is 0.0280. The van der Waals surface area contributed by atoms with Crippen LogP contribution in [0.2, 0.25) is 68.0 Å². The molecule has 1 aromatic carbocycles. The van der Waals surface area contributed by atoms with Crippen molar-refractivity contribution in [1.82, 2.24) is 0 Å². The minimum absolute atomic E-state index is 0.0302. The van der Waals surface area contributed by atoms with Gasteiger partial charge in [-0.05, 0) is 128 Å². The largest absolute Gasteiger partial charge is 0.497 e. The normalized spacial score (nSPS) is 22.6. The van der Waals surface area contributed by atoms with E-state index in [9.17, 15) is 10.2 Å². The van der Waals surface area contributed by atoms with E-state index in [2.05, 4.69) is 173 Å². The van der Waals surface area contributed by atoms with Crippen LogP contribution < -0.4 is 4.74 Å². The van der Waals surface area contributed by atoms with Crippen molar-refractivity contribution in [3.8, 4) is 5.75 Å². The molecule has 0 aromatic heterocycles. The lowest BCUT2D eigenvalue weighted by Gasteiger charge is -2.49. The SMILES string of the molecule is C/C=C\[C@H](C)/C=C(\C)[C@@H](OCOCC[Si](C)(C)C)[C@H]1COC(C)(C)O[C@H]1[C@H](C)[C@@H](O)CC1([C@@H](C)/C=C(\C)[C@H](O[Si](C(C)C)(C(C)C)C(C)C)[C@@H](C)[C@H](OCc2ccc(OC)cc2)[C@@H](C)[C@H](OC)[C@H](CO)OCOCC[Si](C)(C)C)SCCCS1. The second-order valence-corrected chi connectivity index (χ2v) is 48.3. The van der Waals surface area contributed by atoms with Crippen LogP contribution in [0.5, 0.6) is 5.75 Å². The highest BCUT2D eigenvalue weighted by atomic mass is 32.2. The van der Waals surface area contributed by atoms with Gasteiger partial charge in [-0.25, -0.2) is 0 Å². The van der Waals surface area contributed by atoms with E-state index in [0.717, 1.165) is 52.5 Å². The first-order valence-electron chi connectivity index (χ1n) is 31.9. The van der Waals surface area contributed by atoms with Crippen molar-refractivity contribution in [2.75, 3.05) is 65.7 Å². The summed E-state index contributed by atoms with van der Waals surface area (Å²) < 4.78 is 65.7. The molecule has 0 spiro atoms. The third kappa shape index (κ3) is 23.8. The number of aliphatic hydroxyl groups is 2. The molecule has 0 saturated carbocycles. The molecule has 1 aromatic rings. The van der Waals surface area contributed by atoms with Gasteiger partial charge < -0.3 is 57.3 Å². The average molecular weight is 1270 g/mol. The topological polar surface area (TPSA) is 133 Å². The summed E-state index contributed by atoms with van der Waals surface area (Å²) in [6.07, 6.45) is 7.35. The first-order valence-corrected chi connectivity index (χ1v) is 43.5. The van der Waals surface area contributed by atoms with E-state index >= 15 is 0 Å². The van der Waals surface area contributed by atoms with Crippen molar-refractivity contribution < 1.29 is 57.3 Å². The van der Waals surface area contributed by atoms with Gasteiger partial charge in [0.25, 0.3) is 0 Å². The van der Waals surface area contributed by atoms with Crippen LogP contribution in [0.15, 0.2) is 59.7 Å². The highest BCUT2D eigenvalue weighted by molar-refractivity contribution is 8.18. The van der Waals surface area contributed by atoms with Gasteiger partial charge in [0.2, 0.25) is 8.32 Å². The highest BCUT2D eigenvalue weighted by Crippen LogP contribution is 2.53. The molecule has 13 atom stereocenters. The van der Waals surface area contributed by atoms with E-state index in [1.165, 1.54) is 0 Å². The monoisotopic (exact) mass is 1270 g/mol. The summed E-state index contributed by atoms with van der Waals surface area (Å²) in [7, 11) is -1.79. The highest BCUT2D eigenvalue weighted by Gasteiger charge is 2.51. The number of benzene rings is 1. The predicted molar refractivity (Wildman–Crippen MR) is 362 cm³/mol. The summed E-state index contributed by atoms with van der Waals surface area (Å²) in [5.41, 5.74) is 4.25. The van der Waals surface area contributed by atoms with E-state index in [1.54, 1.807) is 14.2 Å². The summed E-state index contributed by atoms with van der Waals surface area (Å²) in [5, 5.41) is 24.0. The van der Waals surface area contributed by atoms with Crippen LogP contribution in [0.4, 0.5) is 0 Å². The fourth-order valence-electron chi connectivity index (χ4n) is 12.9. The van der Waals surface area contributed by atoms with E-state index < -0.39 is 54.7 Å². The van der Waals surface area contributed by atoms with Gasteiger partial charge in [0.15, 0.2) is 5.79 Å². The lowest BCUT2D eigenvalue weighted by molar-refractivity contribution is -0.317. The molecule has 2 saturated heterocycles. The number of aliphatic hydroxyl groups excluding tert-OH is 2. The number of hydrogen-bond donors (Lipinski definition) is 2. The Bertz CT molecular complexity index is 2070. The molecule has 12 nitrogen and oxygen atoms in total. The van der Waals surface area contributed by atoms with Crippen LogP contribution in [-0.4, -0.2) is 153 Å². The standard InChI is InChI=1S/C67H124O12S2Si3/c1-25-27-49(8)38-50(9)62(76-45-73-33-37-83(22,23)24)58-43-77-66(15,16)78-64(58)53(12)59(69)40-67(80-34-26-35-81-67)52(11)39-51(10)61(79-84(46(2)3,47(4)5)48(6)7)54(13)63(74-42-56-28-30-57(70-17)31-29-56)55(14)65(71-18)60(41-68)75-44-72-32-36-82(19,20)21/h25,27-31,38-39,46-49,52-55,58-65,68-69H,26,32-37,40-45H2,1-24H3/b27-25-,50-38+,51-39+/t49-,52-,53+,54+,55+,58+,59-,60-,61-,62+,63-,64-,65-/m0/s1. The summed E-state index contributed by atoms with van der Waals surface area (Å²) in [4.78, 5) is 0. The zero-order valence-electron chi connectivity index (χ0n) is 57.3. The van der Waals surface area contributed by atoms with Crippen LogP contribution in [-0.2, 0) is 48.9 Å². The number of hydrogen-bond acceptors (Lipinski definition) is 14. The van der Waals surface area contributed by atoms with Crippen molar-refractivity contribution in [2.45, 2.75) is 251 Å². The molecule has 2 N–H and O–H groups in total. The van der Waals surface area contributed by atoms with Gasteiger partial charge in [0.1, 0.15) is 25.4 Å². The average Bonchev–Trinajstić information content (AvgIpc) is 3.50. The van der Waals surface area contributed by atoms with E-state index in [4.69, 9.17) is 47.1 Å². The molecule has 0 aliphatic carbocycles. The first-order chi connectivity index (χ1) is 39.2.